The lowest BCUT2D eigenvalue weighted by Crippen LogP contribution is -2.29. The van der Waals surface area contributed by atoms with Crippen molar-refractivity contribution in [2.24, 2.45) is 0 Å². The second-order valence-corrected chi connectivity index (χ2v) is 3.78. The fourth-order valence-electron chi connectivity index (χ4n) is 1.62. The SMILES string of the molecule is CCCn1cncc1CN(CC)CC(=O)O. The average Bonchev–Trinajstić information content (AvgIpc) is 2.65. The number of aliphatic carboxylic acids is 1. The van der Waals surface area contributed by atoms with Gasteiger partial charge >= 0.3 is 5.97 Å². The molecule has 1 rings (SSSR count). The Hall–Kier alpha value is -1.36. The molecule has 0 fully saturated rings. The van der Waals surface area contributed by atoms with E-state index in [2.05, 4.69) is 16.5 Å². The van der Waals surface area contributed by atoms with Crippen LogP contribution in [0.25, 0.3) is 0 Å². The summed E-state index contributed by atoms with van der Waals surface area (Å²) >= 11 is 0. The van der Waals surface area contributed by atoms with E-state index in [9.17, 15) is 4.79 Å². The number of carbonyl (C=O) groups is 1. The van der Waals surface area contributed by atoms with E-state index in [0.29, 0.717) is 6.54 Å². The van der Waals surface area contributed by atoms with Crippen LogP contribution >= 0.6 is 0 Å². The Labute approximate surface area is 95.7 Å². The molecule has 0 saturated carbocycles. The van der Waals surface area contributed by atoms with Crippen LogP contribution in [0.5, 0.6) is 0 Å². The molecule has 5 heteroatoms. The second kappa shape index (κ2) is 6.27. The van der Waals surface area contributed by atoms with Crippen LogP contribution < -0.4 is 0 Å². The first-order chi connectivity index (χ1) is 7.67. The van der Waals surface area contributed by atoms with Crippen molar-refractivity contribution in [3.8, 4) is 0 Å². The van der Waals surface area contributed by atoms with Crippen molar-refractivity contribution in [3.63, 3.8) is 0 Å². The molecule has 0 amide bonds. The minimum absolute atomic E-state index is 0.0772. The second-order valence-electron chi connectivity index (χ2n) is 3.78. The molecule has 0 aliphatic carbocycles. The molecule has 5 nitrogen and oxygen atoms in total. The Morgan fingerprint density at radius 2 is 2.31 bits per heavy atom. The number of aryl methyl sites for hydroxylation is 1. The highest BCUT2D eigenvalue weighted by molar-refractivity contribution is 5.69. The molecule has 0 aromatic carbocycles. The van der Waals surface area contributed by atoms with Gasteiger partial charge in [0.2, 0.25) is 0 Å². The first kappa shape index (κ1) is 12.7. The standard InChI is InChI=1S/C11H19N3O2/c1-3-5-14-9-12-6-10(14)7-13(4-2)8-11(15)16/h6,9H,3-5,7-8H2,1-2H3,(H,15,16). The molecule has 0 radical (unpaired) electrons. The lowest BCUT2D eigenvalue weighted by molar-refractivity contribution is -0.138. The fourth-order valence-corrected chi connectivity index (χ4v) is 1.62. The van der Waals surface area contributed by atoms with Gasteiger partial charge in [-0.05, 0) is 13.0 Å². The van der Waals surface area contributed by atoms with Gasteiger partial charge in [0, 0.05) is 19.3 Å². The maximum Gasteiger partial charge on any atom is 0.317 e. The summed E-state index contributed by atoms with van der Waals surface area (Å²) in [6.45, 7) is 6.45. The average molecular weight is 225 g/mol. The Balaban J connectivity index is 2.62. The van der Waals surface area contributed by atoms with Gasteiger partial charge in [0.05, 0.1) is 18.6 Å². The predicted octanol–water partition coefficient (Wildman–Crippen LogP) is 1.20. The number of rotatable bonds is 7. The molecule has 0 unspecified atom stereocenters. The molecule has 0 atom stereocenters. The van der Waals surface area contributed by atoms with Crippen LogP contribution in [0.1, 0.15) is 26.0 Å². The van der Waals surface area contributed by atoms with E-state index in [0.717, 1.165) is 25.2 Å². The van der Waals surface area contributed by atoms with Gasteiger partial charge in [0.1, 0.15) is 0 Å². The van der Waals surface area contributed by atoms with Gasteiger partial charge in [-0.2, -0.15) is 0 Å². The number of hydrogen-bond acceptors (Lipinski definition) is 3. The van der Waals surface area contributed by atoms with Gasteiger partial charge in [-0.1, -0.05) is 13.8 Å². The monoisotopic (exact) mass is 225 g/mol. The Bertz CT molecular complexity index is 336. The van der Waals surface area contributed by atoms with E-state index in [-0.39, 0.29) is 6.54 Å². The number of hydrogen-bond donors (Lipinski definition) is 1. The van der Waals surface area contributed by atoms with Crippen molar-refractivity contribution in [1.82, 2.24) is 14.5 Å². The van der Waals surface area contributed by atoms with Crippen LogP contribution in [0, 0.1) is 0 Å². The minimum atomic E-state index is -0.789. The van der Waals surface area contributed by atoms with Crippen molar-refractivity contribution in [2.45, 2.75) is 33.4 Å². The number of imidazole rings is 1. The van der Waals surface area contributed by atoms with Crippen LogP contribution in [-0.4, -0.2) is 38.6 Å². The van der Waals surface area contributed by atoms with Crippen molar-refractivity contribution in [1.29, 1.82) is 0 Å². The van der Waals surface area contributed by atoms with Gasteiger partial charge in [-0.25, -0.2) is 4.98 Å². The normalized spacial score (nSPS) is 10.9. The molecule has 1 heterocycles. The highest BCUT2D eigenvalue weighted by atomic mass is 16.4. The van der Waals surface area contributed by atoms with Crippen molar-refractivity contribution >= 4 is 5.97 Å². The first-order valence-corrected chi connectivity index (χ1v) is 5.60. The highest BCUT2D eigenvalue weighted by Gasteiger charge is 2.10. The molecule has 1 aromatic rings. The van der Waals surface area contributed by atoms with Crippen molar-refractivity contribution < 1.29 is 9.90 Å². The molecule has 16 heavy (non-hydrogen) atoms. The van der Waals surface area contributed by atoms with Crippen LogP contribution in [0.15, 0.2) is 12.5 Å². The zero-order valence-electron chi connectivity index (χ0n) is 9.89. The molecule has 0 aliphatic heterocycles. The van der Waals surface area contributed by atoms with Crippen LogP contribution in [0.3, 0.4) is 0 Å². The van der Waals surface area contributed by atoms with Gasteiger partial charge in [0.15, 0.2) is 0 Å². The minimum Gasteiger partial charge on any atom is -0.480 e. The molecular formula is C11H19N3O2. The zero-order chi connectivity index (χ0) is 12.0. The summed E-state index contributed by atoms with van der Waals surface area (Å²) in [5.41, 5.74) is 1.07. The van der Waals surface area contributed by atoms with Crippen LogP contribution in [0.4, 0.5) is 0 Å². The predicted molar refractivity (Wildman–Crippen MR) is 61.1 cm³/mol. The summed E-state index contributed by atoms with van der Waals surface area (Å²) in [5.74, 6) is -0.789. The number of nitrogens with zero attached hydrogens (tertiary/aromatic N) is 3. The lowest BCUT2D eigenvalue weighted by Gasteiger charge is -2.18. The van der Waals surface area contributed by atoms with Crippen molar-refractivity contribution in [3.05, 3.63) is 18.2 Å². The Morgan fingerprint density at radius 1 is 1.56 bits per heavy atom. The third-order valence-corrected chi connectivity index (χ3v) is 2.45. The lowest BCUT2D eigenvalue weighted by atomic mass is 10.3. The third-order valence-electron chi connectivity index (χ3n) is 2.45. The number of carboxylic acid groups (broad SMARTS) is 1. The number of aromatic nitrogens is 2. The molecule has 1 aromatic heterocycles. The largest absolute Gasteiger partial charge is 0.480 e. The Kier molecular flexibility index (Phi) is 4.98. The van der Waals surface area contributed by atoms with E-state index in [1.165, 1.54) is 0 Å². The van der Waals surface area contributed by atoms with Gasteiger partial charge in [-0.15, -0.1) is 0 Å². The molecule has 90 valence electrons. The van der Waals surface area contributed by atoms with E-state index in [4.69, 9.17) is 5.11 Å². The number of likely N-dealkylation sites (N-methyl/N-ethyl adjacent to an activating group) is 1. The summed E-state index contributed by atoms with van der Waals surface area (Å²) in [4.78, 5) is 16.6. The van der Waals surface area contributed by atoms with Gasteiger partial charge in [-0.3, -0.25) is 9.69 Å². The molecule has 0 spiro atoms. The summed E-state index contributed by atoms with van der Waals surface area (Å²) in [5, 5.41) is 8.75. The Morgan fingerprint density at radius 3 is 2.88 bits per heavy atom. The summed E-state index contributed by atoms with van der Waals surface area (Å²) in [7, 11) is 0. The summed E-state index contributed by atoms with van der Waals surface area (Å²) < 4.78 is 2.07. The van der Waals surface area contributed by atoms with E-state index in [1.54, 1.807) is 12.5 Å². The smallest absolute Gasteiger partial charge is 0.317 e. The zero-order valence-corrected chi connectivity index (χ0v) is 9.89. The van der Waals surface area contributed by atoms with Gasteiger partial charge < -0.3 is 9.67 Å². The van der Waals surface area contributed by atoms with Gasteiger partial charge in [0.25, 0.3) is 0 Å². The maximum absolute atomic E-state index is 10.6. The van der Waals surface area contributed by atoms with E-state index >= 15 is 0 Å². The van der Waals surface area contributed by atoms with E-state index in [1.807, 2.05) is 11.8 Å². The molecule has 0 bridgehead atoms. The first-order valence-electron chi connectivity index (χ1n) is 5.60. The molecular weight excluding hydrogens is 206 g/mol. The summed E-state index contributed by atoms with van der Waals surface area (Å²) in [6.07, 6.45) is 4.65. The third kappa shape index (κ3) is 3.66. The van der Waals surface area contributed by atoms with Crippen LogP contribution in [-0.2, 0) is 17.9 Å². The topological polar surface area (TPSA) is 58.4 Å². The number of carboxylic acids is 1. The van der Waals surface area contributed by atoms with E-state index < -0.39 is 5.97 Å². The fraction of sp³-hybridized carbons (Fsp3) is 0.636. The molecule has 0 saturated heterocycles. The highest BCUT2D eigenvalue weighted by Crippen LogP contribution is 2.05. The van der Waals surface area contributed by atoms with Crippen LogP contribution in [0.2, 0.25) is 0 Å². The molecule has 1 N–H and O–H groups in total. The maximum atomic E-state index is 10.6. The summed E-state index contributed by atoms with van der Waals surface area (Å²) in [6, 6.07) is 0. The van der Waals surface area contributed by atoms with Crippen molar-refractivity contribution in [2.75, 3.05) is 13.1 Å². The molecule has 0 aliphatic rings. The quantitative estimate of drug-likeness (QED) is 0.757.